The molecule has 2 rings (SSSR count). The fourth-order valence-corrected chi connectivity index (χ4v) is 1.66. The van der Waals surface area contributed by atoms with Crippen LogP contribution in [-0.4, -0.2) is 22.5 Å². The van der Waals surface area contributed by atoms with Gasteiger partial charge in [0.1, 0.15) is 5.82 Å². The van der Waals surface area contributed by atoms with Crippen molar-refractivity contribution in [3.63, 3.8) is 0 Å². The number of anilines is 2. The minimum atomic E-state index is -2.95. The molecule has 6 nitrogen and oxygen atoms in total. The first-order valence-corrected chi connectivity index (χ1v) is 5.91. The number of nitrogens with one attached hydrogen (secondary N) is 1. The fourth-order valence-electron chi connectivity index (χ4n) is 1.66. The molecule has 0 radical (unpaired) electrons. The molecule has 21 heavy (non-hydrogen) atoms. The van der Waals surface area contributed by atoms with Crippen molar-refractivity contribution < 1.29 is 18.3 Å². The minimum Gasteiger partial charge on any atom is -0.417 e. The van der Waals surface area contributed by atoms with Crippen LogP contribution in [0.4, 0.5) is 20.3 Å². The van der Waals surface area contributed by atoms with Gasteiger partial charge in [-0.3, -0.25) is 4.79 Å². The van der Waals surface area contributed by atoms with Gasteiger partial charge in [-0.15, -0.1) is 0 Å². The second-order valence-electron chi connectivity index (χ2n) is 4.08. The van der Waals surface area contributed by atoms with Crippen molar-refractivity contribution in [1.29, 1.82) is 0 Å². The Hall–Kier alpha value is -2.77. The third-order valence-electron chi connectivity index (χ3n) is 2.45. The maximum absolute atomic E-state index is 12.2. The van der Waals surface area contributed by atoms with Crippen LogP contribution in [-0.2, 0) is 4.79 Å². The third-order valence-corrected chi connectivity index (χ3v) is 2.45. The summed E-state index contributed by atoms with van der Waals surface area (Å²) in [6.45, 7) is -1.61. The zero-order valence-corrected chi connectivity index (χ0v) is 11.0. The lowest BCUT2D eigenvalue weighted by Gasteiger charge is -2.09. The van der Waals surface area contributed by atoms with Gasteiger partial charge in [0.2, 0.25) is 11.8 Å². The number of rotatable bonds is 4. The van der Waals surface area contributed by atoms with E-state index < -0.39 is 6.61 Å². The number of carbonyl (C=O) groups is 1. The van der Waals surface area contributed by atoms with Gasteiger partial charge in [-0.25, -0.2) is 9.97 Å². The topological polar surface area (TPSA) is 90.1 Å². The van der Waals surface area contributed by atoms with Crippen LogP contribution in [0.1, 0.15) is 6.92 Å². The quantitative estimate of drug-likeness (QED) is 0.903. The minimum absolute atomic E-state index is 0.215. The van der Waals surface area contributed by atoms with Crippen molar-refractivity contribution >= 4 is 17.4 Å². The summed E-state index contributed by atoms with van der Waals surface area (Å²) in [6.07, 6.45) is 1.40. The van der Waals surface area contributed by atoms with Crippen molar-refractivity contribution in [2.75, 3.05) is 11.1 Å². The van der Waals surface area contributed by atoms with Gasteiger partial charge < -0.3 is 15.8 Å². The van der Waals surface area contributed by atoms with E-state index in [0.717, 1.165) is 0 Å². The van der Waals surface area contributed by atoms with Crippen LogP contribution in [0, 0.1) is 0 Å². The number of nitrogens with zero attached hydrogens (tertiary/aromatic N) is 2. The fraction of sp³-hybridized carbons (Fsp3) is 0.154. The summed E-state index contributed by atoms with van der Waals surface area (Å²) >= 11 is 0. The molecule has 0 aromatic carbocycles. The van der Waals surface area contributed by atoms with E-state index in [1.54, 1.807) is 6.07 Å². The van der Waals surface area contributed by atoms with Crippen molar-refractivity contribution in [2.45, 2.75) is 13.5 Å². The molecule has 110 valence electrons. The average molecular weight is 294 g/mol. The van der Waals surface area contributed by atoms with Crippen LogP contribution in [0.15, 0.2) is 30.5 Å². The van der Waals surface area contributed by atoms with Gasteiger partial charge >= 0.3 is 6.61 Å². The summed E-state index contributed by atoms with van der Waals surface area (Å²) in [6, 6.07) is 5.87. The van der Waals surface area contributed by atoms with Crippen molar-refractivity contribution in [2.24, 2.45) is 0 Å². The van der Waals surface area contributed by atoms with Crippen molar-refractivity contribution in [1.82, 2.24) is 9.97 Å². The maximum Gasteiger partial charge on any atom is 0.388 e. The van der Waals surface area contributed by atoms with E-state index in [1.807, 2.05) is 0 Å². The number of pyridine rings is 2. The molecule has 0 atom stereocenters. The Kier molecular flexibility index (Phi) is 4.27. The van der Waals surface area contributed by atoms with Crippen molar-refractivity contribution in [3.8, 4) is 17.1 Å². The molecule has 3 N–H and O–H groups in total. The van der Waals surface area contributed by atoms with E-state index in [0.29, 0.717) is 22.8 Å². The van der Waals surface area contributed by atoms with E-state index in [-0.39, 0.29) is 11.8 Å². The summed E-state index contributed by atoms with van der Waals surface area (Å²) in [5.74, 6) is -0.198. The Balaban J connectivity index is 2.31. The normalized spacial score (nSPS) is 10.5. The number of halogens is 2. The Labute approximate surface area is 119 Å². The predicted octanol–water partition coefficient (Wildman–Crippen LogP) is 2.29. The SMILES string of the molecule is CC(=O)Nc1cc(N)c(-c2cccc(OC(F)F)n2)cn1. The Bertz CT molecular complexity index is 664. The van der Waals surface area contributed by atoms with E-state index in [2.05, 4.69) is 20.0 Å². The number of ether oxygens (including phenoxy) is 1. The van der Waals surface area contributed by atoms with Crippen LogP contribution in [0.5, 0.6) is 5.88 Å². The largest absolute Gasteiger partial charge is 0.417 e. The zero-order chi connectivity index (χ0) is 15.4. The number of hydrogen-bond acceptors (Lipinski definition) is 5. The smallest absolute Gasteiger partial charge is 0.388 e. The summed E-state index contributed by atoms with van der Waals surface area (Å²) in [5.41, 5.74) is 6.95. The molecular formula is C13H12F2N4O2. The van der Waals surface area contributed by atoms with Crippen LogP contribution >= 0.6 is 0 Å². The monoisotopic (exact) mass is 294 g/mol. The van der Waals surface area contributed by atoms with E-state index in [1.165, 1.54) is 31.3 Å². The highest BCUT2D eigenvalue weighted by atomic mass is 19.3. The number of carbonyl (C=O) groups excluding carboxylic acids is 1. The first-order chi connectivity index (χ1) is 9.95. The van der Waals surface area contributed by atoms with Gasteiger partial charge in [-0.1, -0.05) is 6.07 Å². The first kappa shape index (κ1) is 14.6. The molecule has 2 aromatic rings. The molecule has 2 aromatic heterocycles. The molecule has 0 fully saturated rings. The summed E-state index contributed by atoms with van der Waals surface area (Å²) in [5, 5.41) is 2.49. The number of alkyl halides is 2. The number of amides is 1. The highest BCUT2D eigenvalue weighted by Gasteiger charge is 2.10. The second kappa shape index (κ2) is 6.12. The molecule has 0 unspecified atom stereocenters. The molecule has 8 heteroatoms. The van der Waals surface area contributed by atoms with Gasteiger partial charge in [0.05, 0.1) is 5.69 Å². The Morgan fingerprint density at radius 3 is 2.81 bits per heavy atom. The molecule has 0 aliphatic rings. The summed E-state index contributed by atoms with van der Waals surface area (Å²) in [4.78, 5) is 18.9. The summed E-state index contributed by atoms with van der Waals surface area (Å²) in [7, 11) is 0. The molecule has 2 heterocycles. The standard InChI is InChI=1S/C13H12F2N4O2/c1-7(20)18-11-5-9(16)8(6-17-11)10-3-2-4-12(19-10)21-13(14)15/h2-6,13H,1H3,(H3,16,17,18,20). The van der Waals surface area contributed by atoms with Crippen LogP contribution in [0.25, 0.3) is 11.3 Å². The lowest BCUT2D eigenvalue weighted by molar-refractivity contribution is -0.114. The Morgan fingerprint density at radius 1 is 1.43 bits per heavy atom. The number of nitrogen functional groups attached to an aromatic ring is 1. The zero-order valence-electron chi connectivity index (χ0n) is 11.0. The molecule has 0 bridgehead atoms. The highest BCUT2D eigenvalue weighted by molar-refractivity contribution is 5.89. The lowest BCUT2D eigenvalue weighted by atomic mass is 10.1. The lowest BCUT2D eigenvalue weighted by Crippen LogP contribution is -2.08. The molecule has 0 aliphatic carbocycles. The second-order valence-corrected chi connectivity index (χ2v) is 4.08. The molecule has 0 saturated carbocycles. The molecule has 0 spiro atoms. The third kappa shape index (κ3) is 3.85. The number of aromatic nitrogens is 2. The number of nitrogens with two attached hydrogens (primary N) is 1. The molecular weight excluding hydrogens is 282 g/mol. The predicted molar refractivity (Wildman–Crippen MR) is 72.8 cm³/mol. The van der Waals surface area contributed by atoms with Crippen LogP contribution in [0.3, 0.4) is 0 Å². The number of hydrogen-bond donors (Lipinski definition) is 2. The first-order valence-electron chi connectivity index (χ1n) is 5.91. The van der Waals surface area contributed by atoms with E-state index in [4.69, 9.17) is 5.73 Å². The van der Waals surface area contributed by atoms with Crippen molar-refractivity contribution in [3.05, 3.63) is 30.5 Å². The van der Waals surface area contributed by atoms with Gasteiger partial charge in [0.25, 0.3) is 0 Å². The van der Waals surface area contributed by atoms with Gasteiger partial charge in [-0.2, -0.15) is 8.78 Å². The van der Waals surface area contributed by atoms with E-state index in [9.17, 15) is 13.6 Å². The molecule has 0 saturated heterocycles. The van der Waals surface area contributed by atoms with Gasteiger partial charge in [0, 0.05) is 36.5 Å². The van der Waals surface area contributed by atoms with Gasteiger partial charge in [0.15, 0.2) is 0 Å². The van der Waals surface area contributed by atoms with Crippen LogP contribution in [0.2, 0.25) is 0 Å². The Morgan fingerprint density at radius 2 is 2.19 bits per heavy atom. The average Bonchev–Trinajstić information content (AvgIpc) is 2.37. The highest BCUT2D eigenvalue weighted by Crippen LogP contribution is 2.27. The van der Waals surface area contributed by atoms with E-state index >= 15 is 0 Å². The van der Waals surface area contributed by atoms with Gasteiger partial charge in [-0.05, 0) is 6.07 Å². The molecule has 0 aliphatic heterocycles. The van der Waals surface area contributed by atoms with Crippen LogP contribution < -0.4 is 15.8 Å². The summed E-state index contributed by atoms with van der Waals surface area (Å²) < 4.78 is 28.6. The maximum atomic E-state index is 12.2. The molecule has 1 amide bonds.